The smallest absolute Gasteiger partial charge is 0.123 e. The minimum Gasteiger partial charge on any atom is -0.463 e. The summed E-state index contributed by atoms with van der Waals surface area (Å²) in [5, 5.41) is 3.41. The van der Waals surface area contributed by atoms with E-state index in [-0.39, 0.29) is 5.54 Å². The molecule has 0 saturated heterocycles. The van der Waals surface area contributed by atoms with Crippen molar-refractivity contribution < 1.29 is 4.42 Å². The van der Waals surface area contributed by atoms with Crippen LogP contribution < -0.4 is 5.32 Å². The topological polar surface area (TPSA) is 43.0 Å². The van der Waals surface area contributed by atoms with Gasteiger partial charge in [0.25, 0.3) is 0 Å². The monoisotopic (exact) mass is 247 g/mol. The van der Waals surface area contributed by atoms with Gasteiger partial charge in [0, 0.05) is 17.9 Å². The van der Waals surface area contributed by atoms with Crippen LogP contribution in [0.25, 0.3) is 0 Å². The first kappa shape index (κ1) is 12.9. The van der Waals surface area contributed by atoms with Gasteiger partial charge in [-0.2, -0.15) is 0 Å². The molecule has 2 rings (SSSR count). The number of nitrogens with one attached hydrogen (secondary N) is 1. The van der Waals surface area contributed by atoms with Crippen molar-refractivity contribution in [3.63, 3.8) is 0 Å². The third-order valence-electron chi connectivity index (χ3n) is 2.76. The zero-order chi connectivity index (χ0) is 13.2. The van der Waals surface area contributed by atoms with Crippen molar-refractivity contribution in [3.8, 4) is 0 Å². The van der Waals surface area contributed by atoms with E-state index in [9.17, 15) is 0 Å². The molecular formula is C14H21N3O. The maximum absolute atomic E-state index is 5.80. The lowest BCUT2D eigenvalue weighted by Gasteiger charge is -2.19. The third kappa shape index (κ3) is 3.47. The number of imidazole rings is 1. The minimum absolute atomic E-state index is 0.105. The van der Waals surface area contributed by atoms with Crippen LogP contribution in [0.5, 0.6) is 0 Å². The molecule has 0 fully saturated rings. The molecule has 2 heterocycles. The first-order chi connectivity index (χ1) is 8.44. The molecule has 0 amide bonds. The summed E-state index contributed by atoms with van der Waals surface area (Å²) in [4.78, 5) is 4.20. The molecule has 2 aromatic heterocycles. The van der Waals surface area contributed by atoms with Crippen molar-refractivity contribution in [1.29, 1.82) is 0 Å². The molecule has 0 aromatic carbocycles. The van der Waals surface area contributed by atoms with E-state index in [1.807, 2.05) is 25.3 Å². The van der Waals surface area contributed by atoms with Gasteiger partial charge in [0.05, 0.1) is 13.1 Å². The third-order valence-corrected chi connectivity index (χ3v) is 2.76. The predicted molar refractivity (Wildman–Crippen MR) is 71.4 cm³/mol. The van der Waals surface area contributed by atoms with Crippen LogP contribution in [-0.2, 0) is 13.1 Å². The zero-order valence-corrected chi connectivity index (χ0v) is 11.5. The van der Waals surface area contributed by atoms with Crippen molar-refractivity contribution in [1.82, 2.24) is 14.9 Å². The lowest BCUT2D eigenvalue weighted by Crippen LogP contribution is -2.34. The first-order valence-corrected chi connectivity index (χ1v) is 6.24. The van der Waals surface area contributed by atoms with Gasteiger partial charge in [-0.25, -0.2) is 4.98 Å². The quantitative estimate of drug-likeness (QED) is 0.903. The number of hydrogen-bond acceptors (Lipinski definition) is 3. The highest BCUT2D eigenvalue weighted by molar-refractivity contribution is 5.08. The molecule has 2 aromatic rings. The molecule has 0 radical (unpaired) electrons. The molecule has 0 aliphatic heterocycles. The van der Waals surface area contributed by atoms with Crippen molar-refractivity contribution in [3.05, 3.63) is 41.9 Å². The maximum Gasteiger partial charge on any atom is 0.123 e. The lowest BCUT2D eigenvalue weighted by molar-refractivity contribution is 0.376. The Labute approximate surface area is 108 Å². The second-order valence-electron chi connectivity index (χ2n) is 5.57. The summed E-state index contributed by atoms with van der Waals surface area (Å²) in [5.41, 5.74) is 0.105. The highest BCUT2D eigenvalue weighted by Gasteiger charge is 2.10. The second kappa shape index (κ2) is 4.98. The summed E-state index contributed by atoms with van der Waals surface area (Å²) in [6.45, 7) is 9.92. The number of rotatable bonds is 4. The van der Waals surface area contributed by atoms with Crippen LogP contribution in [0.1, 0.15) is 38.1 Å². The van der Waals surface area contributed by atoms with E-state index in [0.29, 0.717) is 0 Å². The van der Waals surface area contributed by atoms with Crippen LogP contribution in [0.2, 0.25) is 0 Å². The summed E-state index contributed by atoms with van der Waals surface area (Å²) in [7, 11) is 0. The van der Waals surface area contributed by atoms with Crippen LogP contribution in [0.4, 0.5) is 0 Å². The number of aromatic nitrogens is 2. The van der Waals surface area contributed by atoms with Gasteiger partial charge >= 0.3 is 0 Å². The second-order valence-corrected chi connectivity index (χ2v) is 5.57. The van der Waals surface area contributed by atoms with Gasteiger partial charge in [-0.05, 0) is 39.8 Å². The number of furan rings is 1. The number of aryl methyl sites for hydroxylation is 1. The SMILES string of the molecule is Cc1nccn1Cc1ccc(CNC(C)(C)C)o1. The van der Waals surface area contributed by atoms with Crippen LogP contribution in [0.3, 0.4) is 0 Å². The standard InChI is InChI=1S/C14H21N3O/c1-11-15-7-8-17(11)10-13-6-5-12(18-13)9-16-14(2,3)4/h5-8,16H,9-10H2,1-4H3. The van der Waals surface area contributed by atoms with Gasteiger partial charge in [-0.3, -0.25) is 0 Å². The fraction of sp³-hybridized carbons (Fsp3) is 0.500. The van der Waals surface area contributed by atoms with E-state index in [2.05, 4.69) is 35.6 Å². The summed E-state index contributed by atoms with van der Waals surface area (Å²) < 4.78 is 7.87. The first-order valence-electron chi connectivity index (χ1n) is 6.24. The van der Waals surface area contributed by atoms with E-state index < -0.39 is 0 Å². The van der Waals surface area contributed by atoms with Gasteiger partial charge in [-0.15, -0.1) is 0 Å². The maximum atomic E-state index is 5.80. The Morgan fingerprint density at radius 3 is 2.61 bits per heavy atom. The molecule has 0 atom stereocenters. The van der Waals surface area contributed by atoms with Crippen LogP contribution in [0.15, 0.2) is 28.9 Å². The molecule has 0 unspecified atom stereocenters. The fourth-order valence-electron chi connectivity index (χ4n) is 1.69. The van der Waals surface area contributed by atoms with Crippen molar-refractivity contribution >= 4 is 0 Å². The molecule has 0 aliphatic carbocycles. The van der Waals surface area contributed by atoms with Gasteiger partial charge in [-0.1, -0.05) is 0 Å². The number of hydrogen-bond donors (Lipinski definition) is 1. The summed E-state index contributed by atoms with van der Waals surface area (Å²) in [6, 6.07) is 4.06. The summed E-state index contributed by atoms with van der Waals surface area (Å²) >= 11 is 0. The largest absolute Gasteiger partial charge is 0.463 e. The minimum atomic E-state index is 0.105. The highest BCUT2D eigenvalue weighted by atomic mass is 16.3. The average Bonchev–Trinajstić information content (AvgIpc) is 2.86. The van der Waals surface area contributed by atoms with Gasteiger partial charge in [0.15, 0.2) is 0 Å². The normalized spacial score (nSPS) is 12.0. The molecule has 1 N–H and O–H groups in total. The van der Waals surface area contributed by atoms with E-state index in [1.165, 1.54) is 0 Å². The summed E-state index contributed by atoms with van der Waals surface area (Å²) in [5.74, 6) is 2.93. The molecule has 0 bridgehead atoms. The lowest BCUT2D eigenvalue weighted by atomic mass is 10.1. The Morgan fingerprint density at radius 1 is 1.28 bits per heavy atom. The number of nitrogens with zero attached hydrogens (tertiary/aromatic N) is 2. The van der Waals surface area contributed by atoms with E-state index in [4.69, 9.17) is 4.42 Å². The van der Waals surface area contributed by atoms with Crippen LogP contribution >= 0.6 is 0 Å². The van der Waals surface area contributed by atoms with Crippen LogP contribution in [-0.4, -0.2) is 15.1 Å². The van der Waals surface area contributed by atoms with Gasteiger partial charge in [0.1, 0.15) is 17.3 Å². The van der Waals surface area contributed by atoms with Crippen molar-refractivity contribution in [2.75, 3.05) is 0 Å². The van der Waals surface area contributed by atoms with E-state index >= 15 is 0 Å². The van der Waals surface area contributed by atoms with Crippen molar-refractivity contribution in [2.24, 2.45) is 0 Å². The molecule has 0 spiro atoms. The Hall–Kier alpha value is -1.55. The Kier molecular flexibility index (Phi) is 3.57. The van der Waals surface area contributed by atoms with Crippen LogP contribution in [0, 0.1) is 6.92 Å². The average molecular weight is 247 g/mol. The Bertz CT molecular complexity index is 505. The fourth-order valence-corrected chi connectivity index (χ4v) is 1.69. The summed E-state index contributed by atoms with van der Waals surface area (Å²) in [6.07, 6.45) is 3.77. The molecular weight excluding hydrogens is 226 g/mol. The molecule has 18 heavy (non-hydrogen) atoms. The predicted octanol–water partition coefficient (Wildman–Crippen LogP) is 2.72. The van der Waals surface area contributed by atoms with Crippen molar-refractivity contribution in [2.45, 2.75) is 46.3 Å². The molecule has 0 saturated carbocycles. The molecule has 0 aliphatic rings. The van der Waals surface area contributed by atoms with Gasteiger partial charge in [0.2, 0.25) is 0 Å². The highest BCUT2D eigenvalue weighted by Crippen LogP contribution is 2.12. The molecule has 4 heteroatoms. The van der Waals surface area contributed by atoms with E-state index in [0.717, 1.165) is 30.4 Å². The molecule has 4 nitrogen and oxygen atoms in total. The van der Waals surface area contributed by atoms with Gasteiger partial charge < -0.3 is 14.3 Å². The Morgan fingerprint density at radius 2 is 2.00 bits per heavy atom. The zero-order valence-electron chi connectivity index (χ0n) is 11.5. The molecule has 98 valence electrons. The Balaban J connectivity index is 1.96. The van der Waals surface area contributed by atoms with E-state index in [1.54, 1.807) is 6.20 Å².